The second-order valence-corrected chi connectivity index (χ2v) is 7.89. The zero-order valence-electron chi connectivity index (χ0n) is 16.3. The molecule has 150 valence electrons. The van der Waals surface area contributed by atoms with Crippen LogP contribution in [0.5, 0.6) is 0 Å². The Bertz CT molecular complexity index is 1050. The number of aromatic nitrogens is 1. The maximum atomic E-state index is 12.3. The molecule has 0 aliphatic carbocycles. The highest BCUT2D eigenvalue weighted by Gasteiger charge is 2.13. The van der Waals surface area contributed by atoms with Gasteiger partial charge in [-0.25, -0.2) is 4.79 Å². The number of nitrogens with one attached hydrogen (secondary N) is 1. The van der Waals surface area contributed by atoms with Crippen LogP contribution in [0.4, 0.5) is 5.69 Å². The monoisotopic (exact) mass is 474 g/mol. The average molecular weight is 476 g/mol. The number of aryl methyl sites for hydroxylation is 2. The Morgan fingerprint density at radius 2 is 1.62 bits per heavy atom. The first-order valence-electron chi connectivity index (χ1n) is 8.95. The smallest absolute Gasteiger partial charge is 0.338 e. The summed E-state index contributed by atoms with van der Waals surface area (Å²) in [6.45, 7) is 5.45. The molecule has 0 saturated heterocycles. The lowest BCUT2D eigenvalue weighted by Crippen LogP contribution is -2.21. The zero-order valence-corrected chi connectivity index (χ0v) is 18.6. The molecule has 1 aromatic heterocycles. The van der Waals surface area contributed by atoms with E-state index in [0.29, 0.717) is 16.3 Å². The van der Waals surface area contributed by atoms with E-state index in [1.54, 1.807) is 31.2 Å². The Morgan fingerprint density at radius 3 is 2.24 bits per heavy atom. The van der Waals surface area contributed by atoms with Crippen molar-refractivity contribution in [1.82, 2.24) is 4.57 Å². The Hall–Kier alpha value is -2.57. The van der Waals surface area contributed by atoms with E-state index in [2.05, 4.69) is 25.8 Å². The van der Waals surface area contributed by atoms with Gasteiger partial charge in [0.1, 0.15) is 0 Å². The molecule has 0 spiro atoms. The van der Waals surface area contributed by atoms with Gasteiger partial charge in [-0.2, -0.15) is 0 Å². The van der Waals surface area contributed by atoms with Crippen LogP contribution >= 0.6 is 27.5 Å². The summed E-state index contributed by atoms with van der Waals surface area (Å²) in [4.78, 5) is 24.4. The maximum absolute atomic E-state index is 12.3. The number of esters is 1. The van der Waals surface area contributed by atoms with Crippen LogP contribution in [0.2, 0.25) is 5.02 Å². The molecule has 0 unspecified atom stereocenters. The van der Waals surface area contributed by atoms with Crippen molar-refractivity contribution in [2.45, 2.75) is 20.8 Å². The first-order valence-corrected chi connectivity index (χ1v) is 10.1. The molecule has 1 N–H and O–H groups in total. The number of benzene rings is 2. The van der Waals surface area contributed by atoms with Gasteiger partial charge in [0, 0.05) is 27.2 Å². The zero-order chi connectivity index (χ0) is 21.1. The fourth-order valence-electron chi connectivity index (χ4n) is 3.01. The van der Waals surface area contributed by atoms with E-state index in [0.717, 1.165) is 27.1 Å². The van der Waals surface area contributed by atoms with Gasteiger partial charge in [0.2, 0.25) is 0 Å². The largest absolute Gasteiger partial charge is 0.452 e. The predicted molar refractivity (Wildman–Crippen MR) is 118 cm³/mol. The Kier molecular flexibility index (Phi) is 6.45. The summed E-state index contributed by atoms with van der Waals surface area (Å²) in [6, 6.07) is 14.6. The second kappa shape index (κ2) is 8.84. The molecule has 3 aromatic rings. The van der Waals surface area contributed by atoms with E-state index < -0.39 is 11.9 Å². The molecule has 3 rings (SSSR count). The molecule has 2 aromatic carbocycles. The van der Waals surface area contributed by atoms with Gasteiger partial charge < -0.3 is 14.6 Å². The van der Waals surface area contributed by atoms with Crippen molar-refractivity contribution < 1.29 is 14.3 Å². The quantitative estimate of drug-likeness (QED) is 0.488. The van der Waals surface area contributed by atoms with Gasteiger partial charge in [0.15, 0.2) is 6.61 Å². The third-order valence-corrected chi connectivity index (χ3v) is 5.96. The van der Waals surface area contributed by atoms with E-state index in [-0.39, 0.29) is 6.61 Å². The van der Waals surface area contributed by atoms with Crippen LogP contribution in [0.3, 0.4) is 0 Å². The third-order valence-electron chi connectivity index (χ3n) is 4.58. The number of hydrogen-bond acceptors (Lipinski definition) is 3. The van der Waals surface area contributed by atoms with Crippen LogP contribution < -0.4 is 5.32 Å². The minimum Gasteiger partial charge on any atom is -0.452 e. The van der Waals surface area contributed by atoms with Gasteiger partial charge in [0.25, 0.3) is 5.91 Å². The highest BCUT2D eigenvalue weighted by Crippen LogP contribution is 2.31. The number of nitrogens with zero attached hydrogens (tertiary/aromatic N) is 1. The van der Waals surface area contributed by atoms with E-state index in [4.69, 9.17) is 16.3 Å². The molecular formula is C22H20BrClN2O3. The highest BCUT2D eigenvalue weighted by molar-refractivity contribution is 9.10. The maximum Gasteiger partial charge on any atom is 0.338 e. The molecular weight excluding hydrogens is 456 g/mol. The minimum atomic E-state index is -0.557. The Balaban J connectivity index is 1.61. The number of halogens is 2. The van der Waals surface area contributed by atoms with Crippen LogP contribution in [0.1, 0.15) is 27.3 Å². The molecule has 0 atom stereocenters. The highest BCUT2D eigenvalue weighted by atomic mass is 79.9. The lowest BCUT2D eigenvalue weighted by Gasteiger charge is -2.12. The topological polar surface area (TPSA) is 60.3 Å². The molecule has 0 saturated carbocycles. The fraction of sp³-hybridized carbons (Fsp3) is 0.182. The summed E-state index contributed by atoms with van der Waals surface area (Å²) in [7, 11) is 0. The van der Waals surface area contributed by atoms with Gasteiger partial charge in [0.05, 0.1) is 10.6 Å². The van der Waals surface area contributed by atoms with E-state index in [1.807, 2.05) is 38.1 Å². The van der Waals surface area contributed by atoms with Crippen molar-refractivity contribution in [2.75, 3.05) is 11.9 Å². The Morgan fingerprint density at radius 1 is 1.00 bits per heavy atom. The summed E-state index contributed by atoms with van der Waals surface area (Å²) in [5, 5.41) is 3.22. The van der Waals surface area contributed by atoms with Crippen molar-refractivity contribution >= 4 is 45.1 Å². The Labute approximate surface area is 182 Å². The van der Waals surface area contributed by atoms with Gasteiger partial charge in [-0.05, 0) is 90.8 Å². The summed E-state index contributed by atoms with van der Waals surface area (Å²) in [5.41, 5.74) is 4.86. The molecule has 0 fully saturated rings. The number of carbonyl (C=O) groups is 2. The van der Waals surface area contributed by atoms with Crippen molar-refractivity contribution in [2.24, 2.45) is 0 Å². The third kappa shape index (κ3) is 4.71. The van der Waals surface area contributed by atoms with Crippen LogP contribution in [-0.2, 0) is 9.53 Å². The number of hydrogen-bond donors (Lipinski definition) is 1. The van der Waals surface area contributed by atoms with Crippen LogP contribution in [0.25, 0.3) is 5.69 Å². The first-order chi connectivity index (χ1) is 13.8. The van der Waals surface area contributed by atoms with Crippen LogP contribution in [0, 0.1) is 20.8 Å². The SMILES string of the molecule is Cc1c(NC(=O)COC(=O)c2ccc(-n3c(C)ccc3C)cc2)ccc(Br)c1Cl. The number of anilines is 1. The molecule has 0 bridgehead atoms. The fourth-order valence-corrected chi connectivity index (χ4v) is 3.60. The predicted octanol–water partition coefficient (Wildman–Crippen LogP) is 5.61. The molecule has 0 radical (unpaired) electrons. The second-order valence-electron chi connectivity index (χ2n) is 6.66. The lowest BCUT2D eigenvalue weighted by atomic mass is 10.2. The van der Waals surface area contributed by atoms with Gasteiger partial charge in [-0.15, -0.1) is 0 Å². The van der Waals surface area contributed by atoms with Crippen LogP contribution in [0.15, 0.2) is 53.0 Å². The number of rotatable bonds is 5. The minimum absolute atomic E-state index is 0.381. The lowest BCUT2D eigenvalue weighted by molar-refractivity contribution is -0.119. The summed E-state index contributed by atoms with van der Waals surface area (Å²) in [6.07, 6.45) is 0. The normalized spacial score (nSPS) is 10.7. The summed E-state index contributed by atoms with van der Waals surface area (Å²) >= 11 is 9.49. The number of ether oxygens (including phenoxy) is 1. The molecule has 0 aliphatic heterocycles. The van der Waals surface area contributed by atoms with Crippen molar-refractivity contribution in [3.8, 4) is 5.69 Å². The molecule has 1 heterocycles. The van der Waals surface area contributed by atoms with Gasteiger partial charge in [-0.3, -0.25) is 4.79 Å². The first kappa shape index (κ1) is 21.1. The summed E-state index contributed by atoms with van der Waals surface area (Å²) in [5.74, 6) is -0.992. The molecule has 29 heavy (non-hydrogen) atoms. The molecule has 7 heteroatoms. The van der Waals surface area contributed by atoms with Crippen molar-refractivity contribution in [3.05, 3.63) is 80.5 Å². The van der Waals surface area contributed by atoms with Crippen LogP contribution in [-0.4, -0.2) is 23.1 Å². The molecule has 5 nitrogen and oxygen atoms in total. The molecule has 1 amide bonds. The summed E-state index contributed by atoms with van der Waals surface area (Å²) < 4.78 is 7.97. The van der Waals surface area contributed by atoms with E-state index in [9.17, 15) is 9.59 Å². The van der Waals surface area contributed by atoms with Gasteiger partial charge in [-0.1, -0.05) is 11.6 Å². The number of carbonyl (C=O) groups excluding carboxylic acids is 2. The standard InChI is InChI=1S/C22H20BrClN2O3/c1-13-4-5-14(2)26(13)17-8-6-16(7-9-17)22(28)29-12-20(27)25-19-11-10-18(23)21(24)15(19)3/h4-11H,12H2,1-3H3,(H,25,27). The number of amides is 1. The van der Waals surface area contributed by atoms with E-state index >= 15 is 0 Å². The van der Waals surface area contributed by atoms with Crippen molar-refractivity contribution in [1.29, 1.82) is 0 Å². The van der Waals surface area contributed by atoms with E-state index in [1.165, 1.54) is 0 Å². The molecule has 0 aliphatic rings. The van der Waals surface area contributed by atoms with Crippen molar-refractivity contribution in [3.63, 3.8) is 0 Å². The van der Waals surface area contributed by atoms with Gasteiger partial charge >= 0.3 is 5.97 Å². The average Bonchev–Trinajstić information content (AvgIpc) is 3.05.